The van der Waals surface area contributed by atoms with Gasteiger partial charge in [0.2, 0.25) is 0 Å². The Morgan fingerprint density at radius 2 is 0.788 bits per heavy atom. The van der Waals surface area contributed by atoms with Crippen LogP contribution in [0, 0.1) is 0 Å². The Labute approximate surface area is 309 Å². The predicted octanol–water partition coefficient (Wildman–Crippen LogP) is 9.26. The summed E-state index contributed by atoms with van der Waals surface area (Å²) < 4.78 is 17.0. The molecule has 1 unspecified atom stereocenters. The van der Waals surface area contributed by atoms with Gasteiger partial charge in [0.25, 0.3) is 0 Å². The molecular weight excluding hydrogens is 720 g/mol. The zero-order chi connectivity index (χ0) is 36.3. The SMILES string of the molecule is O=C[C@@H](OC(=O)c1ccc(-c2ccccc2)cc1)[C@@H](OC(=O)c1ccc(-c2ccccc2)cc1)C(Br)COC(=O)c1ccc(-c2ccccc2)cc1. The van der Waals surface area contributed by atoms with E-state index in [1.807, 2.05) is 103 Å². The second-order valence-corrected chi connectivity index (χ2v) is 13.0. The van der Waals surface area contributed by atoms with E-state index in [1.165, 1.54) is 0 Å². The molecule has 6 rings (SSSR count). The van der Waals surface area contributed by atoms with E-state index in [1.54, 1.807) is 60.7 Å². The summed E-state index contributed by atoms with van der Waals surface area (Å²) in [5.41, 5.74) is 6.40. The van der Waals surface area contributed by atoms with Crippen molar-refractivity contribution in [3.63, 3.8) is 0 Å². The largest absolute Gasteiger partial charge is 0.461 e. The van der Waals surface area contributed by atoms with Gasteiger partial charge >= 0.3 is 17.9 Å². The fraction of sp³-hybridized carbons (Fsp3) is 0.0909. The number of hydrogen-bond donors (Lipinski definition) is 0. The van der Waals surface area contributed by atoms with Crippen molar-refractivity contribution < 1.29 is 33.4 Å². The van der Waals surface area contributed by atoms with Gasteiger partial charge in [0.05, 0.1) is 21.5 Å². The highest BCUT2D eigenvalue weighted by atomic mass is 79.9. The Kier molecular flexibility index (Phi) is 11.8. The van der Waals surface area contributed by atoms with Crippen LogP contribution in [-0.4, -0.2) is 47.8 Å². The minimum Gasteiger partial charge on any atom is -0.461 e. The molecule has 0 heterocycles. The van der Waals surface area contributed by atoms with Crippen LogP contribution < -0.4 is 0 Å². The predicted molar refractivity (Wildman–Crippen MR) is 203 cm³/mol. The summed E-state index contributed by atoms with van der Waals surface area (Å²) in [5.74, 6) is -2.17. The van der Waals surface area contributed by atoms with Gasteiger partial charge in [0, 0.05) is 0 Å². The fourth-order valence-corrected chi connectivity index (χ4v) is 6.06. The number of ether oxygens (including phenoxy) is 3. The zero-order valence-corrected chi connectivity index (χ0v) is 29.4. The van der Waals surface area contributed by atoms with Crippen molar-refractivity contribution in [2.75, 3.05) is 6.61 Å². The van der Waals surface area contributed by atoms with Gasteiger partial charge in [-0.05, 0) is 69.8 Å². The third kappa shape index (κ3) is 8.96. The summed E-state index contributed by atoms with van der Waals surface area (Å²) in [7, 11) is 0. The van der Waals surface area contributed by atoms with Gasteiger partial charge in [-0.3, -0.25) is 4.79 Å². The molecule has 0 aliphatic carbocycles. The number of alkyl halides is 1. The van der Waals surface area contributed by atoms with E-state index in [0.717, 1.165) is 33.4 Å². The standard InChI is InChI=1S/C44H33BrO7/c45-39(29-50-42(47)36-22-16-33(17-23-36)30-10-4-1-5-11-30)41(52-44(49)38-26-20-35(21-27-38)32-14-8-3-9-15-32)40(28-46)51-43(48)37-24-18-34(19-25-37)31-12-6-2-7-13-31/h1-28,39-41H,29H2/t39?,40-,41+/m1/s1. The lowest BCUT2D eigenvalue weighted by Crippen LogP contribution is -2.44. The highest BCUT2D eigenvalue weighted by Crippen LogP contribution is 2.25. The number of aldehydes is 1. The van der Waals surface area contributed by atoms with Gasteiger partial charge in [-0.15, -0.1) is 0 Å². The fourth-order valence-electron chi connectivity index (χ4n) is 5.52. The maximum absolute atomic E-state index is 13.5. The number of carbonyl (C=O) groups is 4. The second kappa shape index (κ2) is 17.2. The summed E-state index contributed by atoms with van der Waals surface area (Å²) in [6, 6.07) is 49.5. The molecule has 0 spiro atoms. The van der Waals surface area contributed by atoms with Crippen LogP contribution in [0.15, 0.2) is 164 Å². The van der Waals surface area contributed by atoms with Crippen LogP contribution >= 0.6 is 15.9 Å². The summed E-state index contributed by atoms with van der Waals surface area (Å²) in [4.78, 5) is 51.3. The second-order valence-electron chi connectivity index (χ2n) is 11.8. The van der Waals surface area contributed by atoms with E-state index in [4.69, 9.17) is 14.2 Å². The molecule has 52 heavy (non-hydrogen) atoms. The lowest BCUT2D eigenvalue weighted by atomic mass is 10.0. The van der Waals surface area contributed by atoms with Crippen LogP contribution in [0.3, 0.4) is 0 Å². The first-order chi connectivity index (χ1) is 25.4. The number of carbonyl (C=O) groups excluding carboxylic acids is 4. The molecule has 0 bridgehead atoms. The van der Waals surface area contributed by atoms with Crippen LogP contribution in [0.5, 0.6) is 0 Å². The number of hydrogen-bond acceptors (Lipinski definition) is 7. The Morgan fingerprint density at radius 3 is 1.15 bits per heavy atom. The van der Waals surface area contributed by atoms with Crippen LogP contribution in [0.25, 0.3) is 33.4 Å². The van der Waals surface area contributed by atoms with Crippen molar-refractivity contribution in [1.82, 2.24) is 0 Å². The number of halogens is 1. The molecule has 0 aliphatic heterocycles. The minimum atomic E-state index is -1.54. The molecule has 0 radical (unpaired) electrons. The monoisotopic (exact) mass is 752 g/mol. The van der Waals surface area contributed by atoms with Gasteiger partial charge in [-0.25, -0.2) is 14.4 Å². The Bertz CT molecular complexity index is 2100. The highest BCUT2D eigenvalue weighted by molar-refractivity contribution is 9.09. The summed E-state index contributed by atoms with van der Waals surface area (Å²) in [5, 5.41) is 0. The number of rotatable bonds is 13. The average Bonchev–Trinajstić information content (AvgIpc) is 3.22. The quantitative estimate of drug-likeness (QED) is 0.0502. The Morgan fingerprint density at radius 1 is 0.462 bits per heavy atom. The molecular formula is C44H33BrO7. The molecule has 0 fully saturated rings. The molecule has 0 aliphatic rings. The topological polar surface area (TPSA) is 96.0 Å². The maximum Gasteiger partial charge on any atom is 0.338 e. The van der Waals surface area contributed by atoms with Crippen LogP contribution in [-0.2, 0) is 19.0 Å². The van der Waals surface area contributed by atoms with Gasteiger partial charge in [0.15, 0.2) is 18.5 Å². The summed E-state index contributed by atoms with van der Waals surface area (Å²) in [6.45, 7) is -0.308. The molecule has 0 N–H and O–H groups in total. The molecule has 258 valence electrons. The molecule has 6 aromatic carbocycles. The average molecular weight is 754 g/mol. The first kappa shape index (κ1) is 35.7. The summed E-state index contributed by atoms with van der Waals surface area (Å²) in [6.07, 6.45) is -2.51. The first-order valence-electron chi connectivity index (χ1n) is 16.5. The molecule has 7 nitrogen and oxygen atoms in total. The normalized spacial score (nSPS) is 12.5. The van der Waals surface area contributed by atoms with E-state index in [0.29, 0.717) is 11.8 Å². The van der Waals surface area contributed by atoms with Gasteiger partial charge in [-0.2, -0.15) is 0 Å². The van der Waals surface area contributed by atoms with Crippen LogP contribution in [0.4, 0.5) is 0 Å². The molecule has 0 saturated heterocycles. The first-order valence-corrected chi connectivity index (χ1v) is 17.5. The van der Waals surface area contributed by atoms with Crippen molar-refractivity contribution in [2.45, 2.75) is 17.0 Å². The highest BCUT2D eigenvalue weighted by Gasteiger charge is 2.36. The molecule has 3 atom stereocenters. The number of benzene rings is 6. The maximum atomic E-state index is 13.5. The molecule has 0 saturated carbocycles. The van der Waals surface area contributed by atoms with Crippen LogP contribution in [0.1, 0.15) is 31.1 Å². The van der Waals surface area contributed by atoms with E-state index < -0.39 is 34.9 Å². The minimum absolute atomic E-state index is 0.199. The van der Waals surface area contributed by atoms with Crippen LogP contribution in [0.2, 0.25) is 0 Å². The van der Waals surface area contributed by atoms with Gasteiger partial charge in [0.1, 0.15) is 6.61 Å². The van der Waals surface area contributed by atoms with Crippen molar-refractivity contribution in [3.05, 3.63) is 180 Å². The van der Waals surface area contributed by atoms with E-state index in [2.05, 4.69) is 15.9 Å². The third-order valence-corrected chi connectivity index (χ3v) is 9.14. The zero-order valence-electron chi connectivity index (χ0n) is 27.8. The Balaban J connectivity index is 1.17. The van der Waals surface area contributed by atoms with E-state index in [9.17, 15) is 19.2 Å². The van der Waals surface area contributed by atoms with Gasteiger partial charge in [-0.1, -0.05) is 143 Å². The Hall–Kier alpha value is -6.12. The van der Waals surface area contributed by atoms with E-state index in [-0.39, 0.29) is 17.7 Å². The third-order valence-electron chi connectivity index (χ3n) is 8.36. The smallest absolute Gasteiger partial charge is 0.338 e. The molecule has 6 aromatic rings. The molecule has 8 heteroatoms. The van der Waals surface area contributed by atoms with Crippen molar-refractivity contribution >= 4 is 40.1 Å². The molecule has 0 amide bonds. The van der Waals surface area contributed by atoms with Gasteiger partial charge < -0.3 is 14.2 Å². The summed E-state index contributed by atoms with van der Waals surface area (Å²) >= 11 is 3.45. The molecule has 0 aromatic heterocycles. The van der Waals surface area contributed by atoms with E-state index >= 15 is 0 Å². The van der Waals surface area contributed by atoms with Crippen molar-refractivity contribution in [2.24, 2.45) is 0 Å². The van der Waals surface area contributed by atoms with Crippen molar-refractivity contribution in [1.29, 1.82) is 0 Å². The number of esters is 3. The lowest BCUT2D eigenvalue weighted by molar-refractivity contribution is -0.122. The lowest BCUT2D eigenvalue weighted by Gasteiger charge is -2.27. The van der Waals surface area contributed by atoms with Crippen molar-refractivity contribution in [3.8, 4) is 33.4 Å².